The fourth-order valence-corrected chi connectivity index (χ4v) is 3.19. The third kappa shape index (κ3) is 8.78. The number of rotatable bonds is 14. The third-order valence-electron chi connectivity index (χ3n) is 4.53. The van der Waals surface area contributed by atoms with E-state index in [1.807, 2.05) is 6.92 Å². The molecule has 29 heavy (non-hydrogen) atoms. The summed E-state index contributed by atoms with van der Waals surface area (Å²) in [5.41, 5.74) is -1.71. The van der Waals surface area contributed by atoms with E-state index in [0.29, 0.717) is 6.42 Å². The van der Waals surface area contributed by atoms with Gasteiger partial charge >= 0.3 is 28.0 Å². The lowest BCUT2D eigenvalue weighted by Crippen LogP contribution is -2.53. The van der Waals surface area contributed by atoms with Crippen LogP contribution in [0.15, 0.2) is 25.3 Å². The van der Waals surface area contributed by atoms with Gasteiger partial charge in [-0.05, 0) is 20.3 Å². The third-order valence-corrected chi connectivity index (χ3v) is 4.95. The van der Waals surface area contributed by atoms with Crippen LogP contribution in [0.4, 0.5) is 0 Å². The van der Waals surface area contributed by atoms with Gasteiger partial charge in [-0.2, -0.15) is 8.42 Å². The first-order valence-corrected chi connectivity index (χ1v) is 10.8. The highest BCUT2D eigenvalue weighted by atomic mass is 32.2. The average molecular weight is 435 g/mol. The molecule has 9 nitrogen and oxygen atoms in total. The van der Waals surface area contributed by atoms with Gasteiger partial charge in [-0.25, -0.2) is 9.59 Å². The molecule has 0 spiro atoms. The summed E-state index contributed by atoms with van der Waals surface area (Å²) in [6.07, 6.45) is 2.58. The highest BCUT2D eigenvalue weighted by Crippen LogP contribution is 2.39. The molecule has 1 N–H and O–H groups in total. The summed E-state index contributed by atoms with van der Waals surface area (Å²) < 4.78 is 46.2. The number of hydrogen-bond donors (Lipinski definition) is 1. The maximum Gasteiger partial charge on any atom is 0.330 e. The second-order valence-corrected chi connectivity index (χ2v) is 7.95. The molecule has 0 aromatic carbocycles. The Balaban J connectivity index is 6.07. The van der Waals surface area contributed by atoms with Crippen molar-refractivity contribution in [3.05, 3.63) is 25.3 Å². The van der Waals surface area contributed by atoms with Crippen LogP contribution in [-0.2, 0) is 38.7 Å². The first-order chi connectivity index (χ1) is 13.4. The van der Waals surface area contributed by atoms with E-state index in [2.05, 4.69) is 13.2 Å². The Bertz CT molecular complexity index is 668. The van der Waals surface area contributed by atoms with Crippen LogP contribution < -0.4 is 0 Å². The Morgan fingerprint density at radius 1 is 1.00 bits per heavy atom. The van der Waals surface area contributed by atoms with Crippen LogP contribution in [-0.4, -0.2) is 49.0 Å². The summed E-state index contributed by atoms with van der Waals surface area (Å²) in [4.78, 5) is 36.4. The van der Waals surface area contributed by atoms with Crippen molar-refractivity contribution in [2.24, 2.45) is 5.41 Å². The molecule has 0 aliphatic rings. The average Bonchev–Trinajstić information content (AvgIpc) is 2.65. The molecule has 0 saturated heterocycles. The molecule has 0 aromatic rings. The highest BCUT2D eigenvalue weighted by Gasteiger charge is 2.53. The molecule has 0 aromatic heterocycles. The van der Waals surface area contributed by atoms with Crippen LogP contribution in [0, 0.1) is 5.41 Å². The number of hydrogen-bond acceptors (Lipinski definition) is 8. The maximum absolute atomic E-state index is 13.0. The fourth-order valence-electron chi connectivity index (χ4n) is 2.93. The normalized spacial score (nSPS) is 15.3. The second-order valence-electron chi connectivity index (χ2n) is 6.55. The van der Waals surface area contributed by atoms with Crippen molar-refractivity contribution >= 4 is 28.0 Å². The molecule has 0 bridgehead atoms. The molecule has 0 fully saturated rings. The maximum atomic E-state index is 13.0. The number of unbranched alkanes of at least 4 members (excludes halogenated alkanes) is 3. The minimum atomic E-state index is -4.61. The second kappa shape index (κ2) is 12.4. The molecule has 0 heterocycles. The number of carbonyl (C=O) groups is 3. The van der Waals surface area contributed by atoms with Crippen molar-refractivity contribution < 1.29 is 41.6 Å². The molecule has 0 radical (unpaired) electrons. The quantitative estimate of drug-likeness (QED) is 0.144. The molecule has 0 amide bonds. The molecule has 0 saturated carbocycles. The van der Waals surface area contributed by atoms with E-state index >= 15 is 0 Å². The van der Waals surface area contributed by atoms with Crippen LogP contribution in [0.5, 0.6) is 0 Å². The molecular weight excluding hydrogens is 404 g/mol. The number of carbonyl (C=O) groups excluding carboxylic acids is 3. The molecular formula is C19H30O9S. The topological polar surface area (TPSA) is 133 Å². The summed E-state index contributed by atoms with van der Waals surface area (Å²) in [5, 5.41) is 0. The summed E-state index contributed by atoms with van der Waals surface area (Å²) in [6, 6.07) is 0. The van der Waals surface area contributed by atoms with Crippen molar-refractivity contribution in [2.75, 3.05) is 5.94 Å². The predicted octanol–water partition coefficient (Wildman–Crippen LogP) is 2.57. The summed E-state index contributed by atoms with van der Waals surface area (Å²) >= 11 is 0. The lowest BCUT2D eigenvalue weighted by Gasteiger charge is -2.39. The van der Waals surface area contributed by atoms with E-state index in [9.17, 15) is 22.8 Å². The van der Waals surface area contributed by atoms with Gasteiger partial charge in [-0.15, -0.1) is 0 Å². The van der Waals surface area contributed by atoms with Gasteiger partial charge in [-0.3, -0.25) is 9.35 Å². The minimum Gasteiger partial charge on any atom is -0.458 e. The molecule has 2 unspecified atom stereocenters. The van der Waals surface area contributed by atoms with E-state index in [4.69, 9.17) is 18.8 Å². The number of ether oxygens (including phenoxy) is 3. The van der Waals surface area contributed by atoms with Crippen molar-refractivity contribution in [1.29, 1.82) is 0 Å². The molecule has 0 aliphatic heterocycles. The van der Waals surface area contributed by atoms with Gasteiger partial charge in [-0.1, -0.05) is 45.8 Å². The Labute approximate surface area is 171 Å². The van der Waals surface area contributed by atoms with Gasteiger partial charge in [0.1, 0.15) is 17.6 Å². The smallest absolute Gasteiger partial charge is 0.330 e. The van der Waals surface area contributed by atoms with E-state index in [-0.39, 0.29) is 6.42 Å². The SMILES string of the molecule is C=CC(=O)OC(C)C(CCCCCC)(C(=O)OCS(=O)(=O)O)C(C)OC(=O)C=C. The largest absolute Gasteiger partial charge is 0.458 e. The van der Waals surface area contributed by atoms with Crippen molar-refractivity contribution in [3.8, 4) is 0 Å². The molecule has 2 atom stereocenters. The summed E-state index contributed by atoms with van der Waals surface area (Å²) in [6.45, 7) is 11.4. The zero-order chi connectivity index (χ0) is 22.7. The van der Waals surface area contributed by atoms with Gasteiger partial charge < -0.3 is 14.2 Å². The Hall–Kier alpha value is -2.20. The Kier molecular flexibility index (Phi) is 11.4. The Morgan fingerprint density at radius 2 is 1.48 bits per heavy atom. The first-order valence-electron chi connectivity index (χ1n) is 9.23. The van der Waals surface area contributed by atoms with Crippen molar-refractivity contribution in [1.82, 2.24) is 0 Å². The zero-order valence-corrected chi connectivity index (χ0v) is 17.9. The van der Waals surface area contributed by atoms with E-state index < -0.39 is 51.6 Å². The molecule has 166 valence electrons. The Morgan fingerprint density at radius 3 is 1.86 bits per heavy atom. The lowest BCUT2D eigenvalue weighted by molar-refractivity contribution is -0.186. The first kappa shape index (κ1) is 26.8. The van der Waals surface area contributed by atoms with Crippen LogP contribution in [0.3, 0.4) is 0 Å². The van der Waals surface area contributed by atoms with Gasteiger partial charge in [0, 0.05) is 12.2 Å². The summed E-state index contributed by atoms with van der Waals surface area (Å²) in [7, 11) is -4.61. The van der Waals surface area contributed by atoms with E-state index in [1.54, 1.807) is 0 Å². The lowest BCUT2D eigenvalue weighted by atomic mass is 9.73. The van der Waals surface area contributed by atoms with Gasteiger partial charge in [0.05, 0.1) is 0 Å². The van der Waals surface area contributed by atoms with E-state index in [1.165, 1.54) is 13.8 Å². The molecule has 0 rings (SSSR count). The van der Waals surface area contributed by atoms with Gasteiger partial charge in [0.25, 0.3) is 0 Å². The van der Waals surface area contributed by atoms with Gasteiger partial charge in [0.15, 0.2) is 0 Å². The molecule has 10 heteroatoms. The standard InChI is InChI=1S/C19H30O9S/c1-6-9-10-11-12-19(14(4)27-16(20)7-2,15(5)28-17(21)8-3)18(22)26-13-29(23,24)25/h7-8,14-15H,2-3,6,9-13H2,1,4-5H3,(H,23,24,25). The monoisotopic (exact) mass is 434 g/mol. The predicted molar refractivity (Wildman–Crippen MR) is 105 cm³/mol. The fraction of sp³-hybridized carbons (Fsp3) is 0.632. The van der Waals surface area contributed by atoms with Gasteiger partial charge in [0.2, 0.25) is 5.94 Å². The van der Waals surface area contributed by atoms with Crippen LogP contribution in [0.25, 0.3) is 0 Å². The highest BCUT2D eigenvalue weighted by molar-refractivity contribution is 7.85. The summed E-state index contributed by atoms with van der Waals surface area (Å²) in [5.74, 6) is -4.01. The minimum absolute atomic E-state index is 0.0779. The van der Waals surface area contributed by atoms with Crippen molar-refractivity contribution in [3.63, 3.8) is 0 Å². The van der Waals surface area contributed by atoms with Crippen LogP contribution in [0.1, 0.15) is 52.9 Å². The zero-order valence-electron chi connectivity index (χ0n) is 17.1. The van der Waals surface area contributed by atoms with E-state index in [0.717, 1.165) is 31.4 Å². The van der Waals surface area contributed by atoms with Crippen LogP contribution in [0.2, 0.25) is 0 Å². The number of esters is 3. The van der Waals surface area contributed by atoms with Crippen molar-refractivity contribution in [2.45, 2.75) is 65.1 Å². The molecule has 0 aliphatic carbocycles. The van der Waals surface area contributed by atoms with Crippen LogP contribution >= 0.6 is 0 Å².